The average molecular weight is 550 g/mol. The maximum atomic E-state index is 12.9. The highest BCUT2D eigenvalue weighted by Gasteiger charge is 2.32. The van der Waals surface area contributed by atoms with Crippen LogP contribution in [0.3, 0.4) is 0 Å². The van der Waals surface area contributed by atoms with Gasteiger partial charge in [-0.05, 0) is 66.8 Å². The molecule has 2 heterocycles. The molecule has 5 rings (SSSR count). The smallest absolute Gasteiger partial charge is 0.255 e. The van der Waals surface area contributed by atoms with Gasteiger partial charge in [0, 0.05) is 30.9 Å². The fourth-order valence-corrected chi connectivity index (χ4v) is 7.57. The van der Waals surface area contributed by atoms with Gasteiger partial charge in [0.05, 0.1) is 10.6 Å². The lowest BCUT2D eigenvalue weighted by atomic mass is 10.1. The van der Waals surface area contributed by atoms with Crippen molar-refractivity contribution in [1.82, 2.24) is 9.21 Å². The van der Waals surface area contributed by atoms with Gasteiger partial charge in [0.15, 0.2) is 0 Å². The number of anilines is 1. The van der Waals surface area contributed by atoms with E-state index in [0.29, 0.717) is 36.6 Å². The van der Waals surface area contributed by atoms with E-state index in [-0.39, 0.29) is 22.1 Å². The van der Waals surface area contributed by atoms with Crippen molar-refractivity contribution in [3.63, 3.8) is 0 Å². The van der Waals surface area contributed by atoms with E-state index in [1.54, 1.807) is 48.2 Å². The number of sulfonamides is 1. The van der Waals surface area contributed by atoms with E-state index >= 15 is 0 Å². The first-order valence-corrected chi connectivity index (χ1v) is 15.4. The molecule has 38 heavy (non-hydrogen) atoms. The van der Waals surface area contributed by atoms with Crippen molar-refractivity contribution in [3.05, 3.63) is 95.6 Å². The number of piperidine rings is 1. The third-order valence-corrected chi connectivity index (χ3v) is 10.1. The van der Waals surface area contributed by atoms with Gasteiger partial charge in [0.1, 0.15) is 5.37 Å². The molecule has 0 spiro atoms. The summed E-state index contributed by atoms with van der Waals surface area (Å²) in [6.45, 7) is 1.75. The summed E-state index contributed by atoms with van der Waals surface area (Å²) in [4.78, 5) is 27.5. The molecule has 1 atom stereocenters. The molecular formula is C29H31N3O4S2. The molecule has 0 bridgehead atoms. The summed E-state index contributed by atoms with van der Waals surface area (Å²) >= 11 is 1.60. The topological polar surface area (TPSA) is 86.8 Å². The lowest BCUT2D eigenvalue weighted by molar-refractivity contribution is -0.128. The van der Waals surface area contributed by atoms with Crippen molar-refractivity contribution in [1.29, 1.82) is 0 Å². The van der Waals surface area contributed by atoms with Crippen LogP contribution in [0, 0.1) is 0 Å². The Morgan fingerprint density at radius 3 is 2.26 bits per heavy atom. The second kappa shape index (κ2) is 11.7. The number of hydrogen-bond donors (Lipinski definition) is 1. The highest BCUT2D eigenvalue weighted by molar-refractivity contribution is 8.00. The van der Waals surface area contributed by atoms with Gasteiger partial charge in [-0.3, -0.25) is 9.59 Å². The summed E-state index contributed by atoms with van der Waals surface area (Å²) in [5, 5.41) is 2.77. The second-order valence-electron chi connectivity index (χ2n) is 9.55. The molecule has 3 aromatic carbocycles. The molecule has 2 amide bonds. The Bertz CT molecular complexity index is 1370. The van der Waals surface area contributed by atoms with Crippen LogP contribution in [0.5, 0.6) is 0 Å². The summed E-state index contributed by atoms with van der Waals surface area (Å²) in [6.07, 6.45) is 3.62. The predicted molar refractivity (Wildman–Crippen MR) is 151 cm³/mol. The van der Waals surface area contributed by atoms with Gasteiger partial charge in [-0.2, -0.15) is 4.31 Å². The van der Waals surface area contributed by atoms with Gasteiger partial charge in [-0.25, -0.2) is 8.42 Å². The first kappa shape index (κ1) is 26.5. The van der Waals surface area contributed by atoms with E-state index in [1.165, 1.54) is 9.87 Å². The molecule has 198 valence electrons. The molecule has 2 aliphatic heterocycles. The van der Waals surface area contributed by atoms with Crippen LogP contribution in [0.1, 0.15) is 46.1 Å². The minimum Gasteiger partial charge on any atom is -0.326 e. The van der Waals surface area contributed by atoms with Crippen LogP contribution >= 0.6 is 11.8 Å². The second-order valence-corrected chi connectivity index (χ2v) is 12.6. The van der Waals surface area contributed by atoms with Crippen LogP contribution in [0.2, 0.25) is 0 Å². The van der Waals surface area contributed by atoms with Gasteiger partial charge in [0.2, 0.25) is 15.9 Å². The Labute approximate surface area is 228 Å². The normalized spacial score (nSPS) is 18.5. The van der Waals surface area contributed by atoms with Crippen LogP contribution in [-0.2, 0) is 21.2 Å². The van der Waals surface area contributed by atoms with Crippen molar-refractivity contribution < 1.29 is 18.0 Å². The third kappa shape index (κ3) is 5.95. The van der Waals surface area contributed by atoms with E-state index in [4.69, 9.17) is 0 Å². The molecule has 0 aliphatic carbocycles. The summed E-state index contributed by atoms with van der Waals surface area (Å²) in [5.74, 6) is 0.299. The van der Waals surface area contributed by atoms with Crippen molar-refractivity contribution in [3.8, 4) is 0 Å². The molecule has 1 N–H and O–H groups in total. The quantitative estimate of drug-likeness (QED) is 0.431. The molecule has 2 saturated heterocycles. The van der Waals surface area contributed by atoms with E-state index in [1.807, 2.05) is 35.2 Å². The fourth-order valence-electron chi connectivity index (χ4n) is 4.83. The number of nitrogens with zero attached hydrogens (tertiary/aromatic N) is 2. The first-order valence-electron chi connectivity index (χ1n) is 12.9. The maximum absolute atomic E-state index is 12.9. The number of amides is 2. The Morgan fingerprint density at radius 2 is 1.58 bits per heavy atom. The predicted octanol–water partition coefficient (Wildman–Crippen LogP) is 4.93. The highest BCUT2D eigenvalue weighted by atomic mass is 32.2. The molecule has 0 aromatic heterocycles. The highest BCUT2D eigenvalue weighted by Crippen LogP contribution is 2.38. The number of rotatable bonds is 8. The van der Waals surface area contributed by atoms with E-state index in [0.717, 1.165) is 31.2 Å². The van der Waals surface area contributed by atoms with Crippen LogP contribution < -0.4 is 5.32 Å². The number of nitrogens with one attached hydrogen (secondary N) is 1. The number of carbonyl (C=O) groups is 2. The van der Waals surface area contributed by atoms with Gasteiger partial charge in [0.25, 0.3) is 5.91 Å². The van der Waals surface area contributed by atoms with Crippen LogP contribution in [0.25, 0.3) is 0 Å². The zero-order valence-electron chi connectivity index (χ0n) is 21.1. The average Bonchev–Trinajstić information content (AvgIpc) is 3.33. The van der Waals surface area contributed by atoms with Gasteiger partial charge >= 0.3 is 0 Å². The molecule has 0 unspecified atom stereocenters. The lowest BCUT2D eigenvalue weighted by Gasteiger charge is -2.25. The monoisotopic (exact) mass is 549 g/mol. The molecule has 0 saturated carbocycles. The number of hydrogen-bond acceptors (Lipinski definition) is 5. The summed E-state index contributed by atoms with van der Waals surface area (Å²) in [7, 11) is -3.51. The maximum Gasteiger partial charge on any atom is 0.255 e. The Kier molecular flexibility index (Phi) is 8.16. The van der Waals surface area contributed by atoms with Crippen LogP contribution in [0.15, 0.2) is 83.8 Å². The lowest BCUT2D eigenvalue weighted by Crippen LogP contribution is -2.35. The zero-order valence-corrected chi connectivity index (χ0v) is 22.7. The minimum absolute atomic E-state index is 0.0716. The van der Waals surface area contributed by atoms with Crippen LogP contribution in [0.4, 0.5) is 5.69 Å². The molecule has 9 heteroatoms. The molecular weight excluding hydrogens is 518 g/mol. The van der Waals surface area contributed by atoms with E-state index in [2.05, 4.69) is 17.4 Å². The van der Waals surface area contributed by atoms with E-state index < -0.39 is 10.0 Å². The van der Waals surface area contributed by atoms with Crippen molar-refractivity contribution in [2.24, 2.45) is 0 Å². The Balaban J connectivity index is 1.21. The molecule has 2 fully saturated rings. The molecule has 0 radical (unpaired) electrons. The van der Waals surface area contributed by atoms with Crippen molar-refractivity contribution >= 4 is 39.3 Å². The minimum atomic E-state index is -3.51. The standard InChI is InChI=1S/C29H31N3O4S2/c33-27-21-37-29(32(27)20-17-22-7-3-1-4-8-22)24-11-9-23(10-12-24)28(34)30-25-13-15-26(16-14-25)38(35,36)31-18-5-2-6-19-31/h1,3-4,7-16,29H,2,5-6,17-21H2,(H,30,34)/t29-/m0/s1. The zero-order chi connectivity index (χ0) is 26.5. The van der Waals surface area contributed by atoms with Gasteiger partial charge < -0.3 is 10.2 Å². The number of carbonyl (C=O) groups excluding carboxylic acids is 2. The summed E-state index contributed by atoms with van der Waals surface area (Å²) < 4.78 is 27.2. The van der Waals surface area contributed by atoms with E-state index in [9.17, 15) is 18.0 Å². The summed E-state index contributed by atoms with van der Waals surface area (Å²) in [6, 6.07) is 23.8. The van der Waals surface area contributed by atoms with Crippen molar-refractivity contribution in [2.75, 3.05) is 30.7 Å². The fraction of sp³-hybridized carbons (Fsp3) is 0.310. The summed E-state index contributed by atoms with van der Waals surface area (Å²) in [5.41, 5.74) is 3.20. The third-order valence-electron chi connectivity index (χ3n) is 6.98. The molecule has 3 aromatic rings. The van der Waals surface area contributed by atoms with Crippen molar-refractivity contribution in [2.45, 2.75) is 36.0 Å². The SMILES string of the molecule is O=C(Nc1ccc(S(=O)(=O)N2CCCCC2)cc1)c1ccc([C@@H]2SCC(=O)N2CCc2ccccc2)cc1. The Morgan fingerprint density at radius 1 is 0.895 bits per heavy atom. The number of thioether (sulfide) groups is 1. The van der Waals surface area contributed by atoms with Crippen LogP contribution in [-0.4, -0.2) is 54.8 Å². The molecule has 2 aliphatic rings. The number of benzene rings is 3. The largest absolute Gasteiger partial charge is 0.326 e. The van der Waals surface area contributed by atoms with Gasteiger partial charge in [-0.1, -0.05) is 48.9 Å². The Hall–Kier alpha value is -3.14. The molecule has 7 nitrogen and oxygen atoms in total. The first-order chi connectivity index (χ1) is 18.4. The van der Waals surface area contributed by atoms with Gasteiger partial charge in [-0.15, -0.1) is 11.8 Å².